The lowest BCUT2D eigenvalue weighted by atomic mass is 10.00. The van der Waals surface area contributed by atoms with Gasteiger partial charge < -0.3 is 9.47 Å². The average Bonchev–Trinajstić information content (AvgIpc) is 2.48. The van der Waals surface area contributed by atoms with Crippen molar-refractivity contribution < 1.29 is 9.47 Å². The van der Waals surface area contributed by atoms with Gasteiger partial charge in [-0.15, -0.1) is 0 Å². The van der Waals surface area contributed by atoms with Crippen LogP contribution in [0.2, 0.25) is 5.02 Å². The van der Waals surface area contributed by atoms with E-state index in [4.69, 9.17) is 21.1 Å². The lowest BCUT2D eigenvalue weighted by Gasteiger charge is -2.16. The number of alkyl halides is 1. The van der Waals surface area contributed by atoms with Gasteiger partial charge in [-0.2, -0.15) is 0 Å². The van der Waals surface area contributed by atoms with Crippen molar-refractivity contribution in [3.63, 3.8) is 0 Å². The van der Waals surface area contributed by atoms with Crippen molar-refractivity contribution in [1.29, 1.82) is 0 Å². The molecule has 0 saturated heterocycles. The molecule has 2 nitrogen and oxygen atoms in total. The molecule has 0 saturated carbocycles. The number of benzene rings is 2. The lowest BCUT2D eigenvalue weighted by molar-refractivity contribution is 0.354. The Bertz CT molecular complexity index is 613. The van der Waals surface area contributed by atoms with Crippen LogP contribution in [0.15, 0.2) is 36.4 Å². The molecule has 1 atom stereocenters. The maximum atomic E-state index is 6.19. The molecular weight excluding hydrogens is 340 g/mol. The molecule has 0 heterocycles. The van der Waals surface area contributed by atoms with Gasteiger partial charge in [-0.3, -0.25) is 0 Å². The molecule has 2 rings (SSSR count). The van der Waals surface area contributed by atoms with Crippen molar-refractivity contribution in [2.45, 2.75) is 11.8 Å². The van der Waals surface area contributed by atoms with Crippen LogP contribution in [0, 0.1) is 6.92 Å². The Hall–Kier alpha value is -1.19. The first-order valence-corrected chi connectivity index (χ1v) is 7.48. The van der Waals surface area contributed by atoms with E-state index in [1.165, 1.54) is 0 Å². The highest BCUT2D eigenvalue weighted by molar-refractivity contribution is 9.09. The Labute approximate surface area is 132 Å². The van der Waals surface area contributed by atoms with Crippen LogP contribution in [0.5, 0.6) is 11.5 Å². The third-order valence-electron chi connectivity index (χ3n) is 3.28. The molecule has 1 unspecified atom stereocenters. The van der Waals surface area contributed by atoms with E-state index in [1.54, 1.807) is 14.2 Å². The molecule has 0 aromatic heterocycles. The lowest BCUT2D eigenvalue weighted by Crippen LogP contribution is -1.98. The fourth-order valence-corrected chi connectivity index (χ4v) is 3.05. The molecule has 0 aliphatic rings. The highest BCUT2D eigenvalue weighted by atomic mass is 79.9. The summed E-state index contributed by atoms with van der Waals surface area (Å²) in [7, 11) is 3.26. The van der Waals surface area contributed by atoms with E-state index in [1.807, 2.05) is 37.3 Å². The molecular formula is C16H16BrClO2. The molecule has 0 radical (unpaired) electrons. The van der Waals surface area contributed by atoms with Crippen LogP contribution in [0.25, 0.3) is 0 Å². The zero-order valence-electron chi connectivity index (χ0n) is 11.6. The zero-order chi connectivity index (χ0) is 14.7. The van der Waals surface area contributed by atoms with E-state index in [2.05, 4.69) is 22.0 Å². The highest BCUT2D eigenvalue weighted by Gasteiger charge is 2.16. The highest BCUT2D eigenvalue weighted by Crippen LogP contribution is 2.38. The van der Waals surface area contributed by atoms with Crippen LogP contribution in [-0.4, -0.2) is 14.2 Å². The molecule has 20 heavy (non-hydrogen) atoms. The molecule has 2 aromatic carbocycles. The van der Waals surface area contributed by atoms with Crippen LogP contribution in [-0.2, 0) is 0 Å². The number of rotatable bonds is 4. The Morgan fingerprint density at radius 1 is 1.05 bits per heavy atom. The third kappa shape index (κ3) is 2.94. The topological polar surface area (TPSA) is 18.5 Å². The fourth-order valence-electron chi connectivity index (χ4n) is 2.09. The van der Waals surface area contributed by atoms with Crippen molar-refractivity contribution in [1.82, 2.24) is 0 Å². The van der Waals surface area contributed by atoms with Gasteiger partial charge in [0.25, 0.3) is 0 Å². The molecule has 4 heteroatoms. The molecule has 0 amide bonds. The SMILES string of the molecule is COc1ccc(C(Br)c2cccc(Cl)c2C)cc1OC. The number of ether oxygens (including phenoxy) is 2. The van der Waals surface area contributed by atoms with Crippen LogP contribution in [0.1, 0.15) is 21.5 Å². The summed E-state index contributed by atoms with van der Waals surface area (Å²) in [6.45, 7) is 2.02. The number of hydrogen-bond donors (Lipinski definition) is 0. The van der Waals surface area contributed by atoms with Crippen LogP contribution in [0.3, 0.4) is 0 Å². The van der Waals surface area contributed by atoms with Crippen molar-refractivity contribution >= 4 is 27.5 Å². The van der Waals surface area contributed by atoms with E-state index in [0.29, 0.717) is 5.75 Å². The second-order valence-electron chi connectivity index (χ2n) is 4.43. The maximum absolute atomic E-state index is 6.19. The summed E-state index contributed by atoms with van der Waals surface area (Å²) in [5, 5.41) is 0.771. The fraction of sp³-hybridized carbons (Fsp3) is 0.250. The van der Waals surface area contributed by atoms with Gasteiger partial charge in [0.2, 0.25) is 0 Å². The van der Waals surface area contributed by atoms with E-state index >= 15 is 0 Å². The monoisotopic (exact) mass is 354 g/mol. The summed E-state index contributed by atoms with van der Waals surface area (Å²) >= 11 is 9.92. The quantitative estimate of drug-likeness (QED) is 0.706. The molecule has 2 aromatic rings. The number of hydrogen-bond acceptors (Lipinski definition) is 2. The summed E-state index contributed by atoms with van der Waals surface area (Å²) < 4.78 is 10.6. The first kappa shape index (κ1) is 15.2. The van der Waals surface area contributed by atoms with Crippen molar-refractivity contribution in [3.8, 4) is 11.5 Å². The van der Waals surface area contributed by atoms with Crippen LogP contribution < -0.4 is 9.47 Å². The largest absolute Gasteiger partial charge is 0.493 e. The van der Waals surface area contributed by atoms with Gasteiger partial charge in [0, 0.05) is 5.02 Å². The number of methoxy groups -OCH3 is 2. The van der Waals surface area contributed by atoms with Crippen molar-refractivity contribution in [2.75, 3.05) is 14.2 Å². The van der Waals surface area contributed by atoms with Crippen LogP contribution >= 0.6 is 27.5 Å². The third-order valence-corrected chi connectivity index (χ3v) is 4.71. The molecule has 0 bridgehead atoms. The Kier molecular flexibility index (Phi) is 4.95. The van der Waals surface area contributed by atoms with E-state index < -0.39 is 0 Å². The predicted molar refractivity (Wildman–Crippen MR) is 86.5 cm³/mol. The zero-order valence-corrected chi connectivity index (χ0v) is 14.0. The summed E-state index contributed by atoms with van der Waals surface area (Å²) in [6, 6.07) is 11.8. The summed E-state index contributed by atoms with van der Waals surface area (Å²) in [6.07, 6.45) is 0. The Morgan fingerprint density at radius 3 is 2.40 bits per heavy atom. The standard InChI is InChI=1S/C16H16BrClO2/c1-10-12(5-4-6-13(10)18)16(17)11-7-8-14(19-2)15(9-11)20-3/h4-9,16H,1-3H3. The first-order valence-electron chi connectivity index (χ1n) is 6.19. The molecule has 0 spiro atoms. The first-order chi connectivity index (χ1) is 9.58. The average molecular weight is 356 g/mol. The van der Waals surface area contributed by atoms with Gasteiger partial charge in [-0.25, -0.2) is 0 Å². The smallest absolute Gasteiger partial charge is 0.161 e. The van der Waals surface area contributed by atoms with E-state index in [-0.39, 0.29) is 4.83 Å². The minimum atomic E-state index is 0.0565. The van der Waals surface area contributed by atoms with Crippen LogP contribution in [0.4, 0.5) is 0 Å². The summed E-state index contributed by atoms with van der Waals surface area (Å²) in [4.78, 5) is 0.0565. The van der Waals surface area contributed by atoms with E-state index in [0.717, 1.165) is 27.5 Å². The number of halogens is 2. The molecule has 0 aliphatic heterocycles. The Morgan fingerprint density at radius 2 is 1.75 bits per heavy atom. The molecule has 0 N–H and O–H groups in total. The minimum Gasteiger partial charge on any atom is -0.493 e. The van der Waals surface area contributed by atoms with E-state index in [9.17, 15) is 0 Å². The Balaban J connectivity index is 2.43. The molecule has 0 aliphatic carbocycles. The second kappa shape index (κ2) is 6.51. The van der Waals surface area contributed by atoms with Gasteiger partial charge in [0.1, 0.15) is 0 Å². The van der Waals surface area contributed by atoms with Crippen molar-refractivity contribution in [2.24, 2.45) is 0 Å². The maximum Gasteiger partial charge on any atom is 0.161 e. The summed E-state index contributed by atoms with van der Waals surface area (Å²) in [5.74, 6) is 1.44. The minimum absolute atomic E-state index is 0.0565. The van der Waals surface area contributed by atoms with Gasteiger partial charge in [0.05, 0.1) is 19.0 Å². The normalized spacial score (nSPS) is 12.1. The summed E-state index contributed by atoms with van der Waals surface area (Å²) in [5.41, 5.74) is 3.31. The van der Waals surface area contributed by atoms with Gasteiger partial charge in [-0.1, -0.05) is 45.7 Å². The molecule has 106 valence electrons. The van der Waals surface area contributed by atoms with Gasteiger partial charge >= 0.3 is 0 Å². The van der Waals surface area contributed by atoms with Gasteiger partial charge in [0.15, 0.2) is 11.5 Å². The predicted octanol–water partition coefficient (Wildman–Crippen LogP) is 5.15. The van der Waals surface area contributed by atoms with Gasteiger partial charge in [-0.05, 0) is 41.8 Å². The van der Waals surface area contributed by atoms with Crippen molar-refractivity contribution in [3.05, 3.63) is 58.1 Å². The molecule has 0 fully saturated rings. The second-order valence-corrected chi connectivity index (χ2v) is 5.75.